The van der Waals surface area contributed by atoms with Gasteiger partial charge in [-0.3, -0.25) is 0 Å². The van der Waals surface area contributed by atoms with E-state index in [0.717, 1.165) is 0 Å². The molecule has 1 aromatic carbocycles. The molecule has 3 aromatic rings. The van der Waals surface area contributed by atoms with E-state index in [2.05, 4.69) is 31.1 Å². The first-order valence-corrected chi connectivity index (χ1v) is 13.0. The van der Waals surface area contributed by atoms with E-state index in [1.54, 1.807) is 18.2 Å². The topological polar surface area (TPSA) is 122 Å². The first kappa shape index (κ1) is 28.1. The SMILES string of the molecule is C1CCNCC1.CC(C)(C#N)CCSNc1ccc(Oc2ncccc2-c2ccnc(N)n2)c(F)c1F. The molecule has 196 valence electrons. The summed E-state index contributed by atoms with van der Waals surface area (Å²) in [6.45, 7) is 6.14. The number of benzene rings is 1. The lowest BCUT2D eigenvalue weighted by atomic mass is 9.93. The molecule has 0 bridgehead atoms. The zero-order chi connectivity index (χ0) is 26.7. The van der Waals surface area contributed by atoms with Crippen LogP contribution in [0.25, 0.3) is 11.3 Å². The second-order valence-electron chi connectivity index (χ2n) is 9.00. The molecule has 0 spiro atoms. The third kappa shape index (κ3) is 8.55. The Morgan fingerprint density at radius 2 is 1.89 bits per heavy atom. The highest BCUT2D eigenvalue weighted by atomic mass is 32.2. The van der Waals surface area contributed by atoms with E-state index in [-0.39, 0.29) is 23.3 Å². The van der Waals surface area contributed by atoms with Crippen LogP contribution in [0, 0.1) is 28.4 Å². The minimum Gasteiger partial charge on any atom is -0.435 e. The van der Waals surface area contributed by atoms with E-state index in [0.29, 0.717) is 23.4 Å². The van der Waals surface area contributed by atoms with Crippen LogP contribution in [0.15, 0.2) is 42.7 Å². The summed E-state index contributed by atoms with van der Waals surface area (Å²) >= 11 is 1.20. The van der Waals surface area contributed by atoms with Gasteiger partial charge in [-0.15, -0.1) is 0 Å². The van der Waals surface area contributed by atoms with Crippen molar-refractivity contribution in [2.75, 3.05) is 29.3 Å². The maximum absolute atomic E-state index is 14.6. The molecule has 1 aliphatic heterocycles. The Morgan fingerprint density at radius 3 is 2.54 bits per heavy atom. The summed E-state index contributed by atoms with van der Waals surface area (Å²) in [6.07, 6.45) is 7.76. The minimum absolute atomic E-state index is 0.0190. The number of pyridine rings is 1. The number of hydrogen-bond donors (Lipinski definition) is 3. The van der Waals surface area contributed by atoms with Gasteiger partial charge in [0.05, 0.1) is 28.4 Å². The number of nitrogens with one attached hydrogen (secondary N) is 2. The highest BCUT2D eigenvalue weighted by Crippen LogP contribution is 2.34. The molecule has 4 N–H and O–H groups in total. The zero-order valence-corrected chi connectivity index (χ0v) is 21.7. The first-order valence-electron chi connectivity index (χ1n) is 12.0. The lowest BCUT2D eigenvalue weighted by Gasteiger charge is -2.15. The lowest BCUT2D eigenvalue weighted by Crippen LogP contribution is -2.21. The second kappa shape index (κ2) is 13.7. The molecule has 1 aliphatic rings. The van der Waals surface area contributed by atoms with Crippen molar-refractivity contribution < 1.29 is 13.5 Å². The van der Waals surface area contributed by atoms with Crippen LogP contribution in [0.3, 0.4) is 0 Å². The van der Waals surface area contributed by atoms with Crippen molar-refractivity contribution in [1.29, 1.82) is 5.26 Å². The fourth-order valence-electron chi connectivity index (χ4n) is 3.28. The Bertz CT molecular complexity index is 1200. The fraction of sp³-hybridized carbons (Fsp3) is 0.385. The summed E-state index contributed by atoms with van der Waals surface area (Å²) < 4.78 is 37.5. The van der Waals surface area contributed by atoms with E-state index in [4.69, 9.17) is 15.7 Å². The number of anilines is 2. The molecule has 4 rings (SSSR count). The van der Waals surface area contributed by atoms with Crippen molar-refractivity contribution in [2.45, 2.75) is 39.5 Å². The summed E-state index contributed by atoms with van der Waals surface area (Å²) in [5.41, 5.74) is 6.01. The molecule has 8 nitrogen and oxygen atoms in total. The number of halogens is 2. The van der Waals surface area contributed by atoms with E-state index >= 15 is 0 Å². The van der Waals surface area contributed by atoms with Crippen LogP contribution < -0.4 is 20.5 Å². The molecule has 0 aliphatic carbocycles. The van der Waals surface area contributed by atoms with E-state index in [1.165, 1.54) is 68.8 Å². The smallest absolute Gasteiger partial charge is 0.228 e. The first-order chi connectivity index (χ1) is 17.8. The van der Waals surface area contributed by atoms with Gasteiger partial charge in [-0.1, -0.05) is 18.4 Å². The van der Waals surface area contributed by atoms with Crippen LogP contribution in [0.1, 0.15) is 39.5 Å². The quantitative estimate of drug-likeness (QED) is 0.241. The van der Waals surface area contributed by atoms with Crippen LogP contribution >= 0.6 is 11.9 Å². The summed E-state index contributed by atoms with van der Waals surface area (Å²) in [7, 11) is 0. The van der Waals surface area contributed by atoms with Gasteiger partial charge in [-0.2, -0.15) is 9.65 Å². The summed E-state index contributed by atoms with van der Waals surface area (Å²) in [5.74, 6) is -1.88. The molecule has 3 heterocycles. The van der Waals surface area contributed by atoms with Crippen LogP contribution in [-0.4, -0.2) is 33.8 Å². The second-order valence-corrected chi connectivity index (χ2v) is 9.91. The Balaban J connectivity index is 0.000000555. The number of rotatable bonds is 8. The minimum atomic E-state index is -1.15. The average Bonchev–Trinajstić information content (AvgIpc) is 2.92. The highest BCUT2D eigenvalue weighted by Gasteiger charge is 2.19. The molecule has 0 radical (unpaired) electrons. The van der Waals surface area contributed by atoms with Crippen molar-refractivity contribution in [3.63, 3.8) is 0 Å². The van der Waals surface area contributed by atoms with Gasteiger partial charge in [-0.25, -0.2) is 19.3 Å². The van der Waals surface area contributed by atoms with Crippen molar-refractivity contribution in [2.24, 2.45) is 5.41 Å². The standard InChI is InChI=1S/C21H20F2N6OS.C5H11N/c1-21(2,12-24)8-11-31-29-15-5-6-16(18(23)17(15)22)30-19-13(4-3-9-26-19)14-7-10-27-20(25)28-14;1-2-4-6-5-3-1/h3-7,9-10,29H,8,11H2,1-2H3,(H2,25,27,28);6H,1-5H2. The largest absolute Gasteiger partial charge is 0.435 e. The molecular formula is C26H31F2N7OS. The van der Waals surface area contributed by atoms with Crippen molar-refractivity contribution in [3.05, 3.63) is 54.4 Å². The number of nitrogen functional groups attached to an aromatic ring is 1. The third-order valence-electron chi connectivity index (χ3n) is 5.50. The van der Waals surface area contributed by atoms with Gasteiger partial charge in [0, 0.05) is 18.1 Å². The zero-order valence-electron chi connectivity index (χ0n) is 20.9. The summed E-state index contributed by atoms with van der Waals surface area (Å²) in [4.78, 5) is 12.1. The van der Waals surface area contributed by atoms with Crippen LogP contribution in [0.5, 0.6) is 11.6 Å². The number of hydrogen-bond acceptors (Lipinski definition) is 9. The molecule has 1 fully saturated rings. The van der Waals surface area contributed by atoms with Gasteiger partial charge in [0.25, 0.3) is 0 Å². The molecule has 0 unspecified atom stereocenters. The molecule has 0 amide bonds. The van der Waals surface area contributed by atoms with Crippen molar-refractivity contribution in [1.82, 2.24) is 20.3 Å². The lowest BCUT2D eigenvalue weighted by molar-refractivity contribution is 0.408. The molecule has 2 aromatic heterocycles. The van der Waals surface area contributed by atoms with Gasteiger partial charge in [0.1, 0.15) is 0 Å². The van der Waals surface area contributed by atoms with Crippen molar-refractivity contribution in [3.8, 4) is 29.0 Å². The Morgan fingerprint density at radius 1 is 1.11 bits per heavy atom. The highest BCUT2D eigenvalue weighted by molar-refractivity contribution is 8.00. The van der Waals surface area contributed by atoms with Crippen LogP contribution in [0.4, 0.5) is 20.4 Å². The van der Waals surface area contributed by atoms with Gasteiger partial charge in [-0.05, 0) is 76.5 Å². The van der Waals surface area contributed by atoms with Gasteiger partial charge >= 0.3 is 0 Å². The molecular weight excluding hydrogens is 496 g/mol. The van der Waals surface area contributed by atoms with Gasteiger partial charge in [0.15, 0.2) is 11.6 Å². The Kier molecular flexibility index (Phi) is 10.4. The molecule has 0 atom stereocenters. The number of aromatic nitrogens is 3. The number of nitrogens with zero attached hydrogens (tertiary/aromatic N) is 4. The van der Waals surface area contributed by atoms with E-state index < -0.39 is 17.0 Å². The maximum atomic E-state index is 14.6. The maximum Gasteiger partial charge on any atom is 0.228 e. The van der Waals surface area contributed by atoms with Crippen LogP contribution in [0.2, 0.25) is 0 Å². The van der Waals surface area contributed by atoms with E-state index in [9.17, 15) is 8.78 Å². The predicted octanol–water partition coefficient (Wildman–Crippen LogP) is 5.95. The monoisotopic (exact) mass is 527 g/mol. The number of piperidine rings is 1. The van der Waals surface area contributed by atoms with Gasteiger partial charge < -0.3 is 20.5 Å². The van der Waals surface area contributed by atoms with Gasteiger partial charge in [0.2, 0.25) is 17.6 Å². The molecule has 37 heavy (non-hydrogen) atoms. The van der Waals surface area contributed by atoms with Crippen LogP contribution in [-0.2, 0) is 0 Å². The average molecular weight is 528 g/mol. The Labute approximate surface area is 220 Å². The number of nitriles is 1. The molecule has 1 saturated heterocycles. The number of ether oxygens (including phenoxy) is 1. The fourth-order valence-corrected chi connectivity index (χ4v) is 4.30. The normalized spacial score (nSPS) is 13.2. The number of nitrogens with two attached hydrogens (primary N) is 1. The predicted molar refractivity (Wildman–Crippen MR) is 143 cm³/mol. The molecule has 0 saturated carbocycles. The van der Waals surface area contributed by atoms with E-state index in [1.807, 2.05) is 13.8 Å². The molecule has 11 heteroatoms. The Hall–Kier alpha value is -3.49. The summed E-state index contributed by atoms with van der Waals surface area (Å²) in [5, 5.41) is 12.3. The van der Waals surface area contributed by atoms with Crippen molar-refractivity contribution >= 4 is 23.6 Å². The summed E-state index contributed by atoms with van der Waals surface area (Å²) in [6, 6.07) is 9.83. The third-order valence-corrected chi connectivity index (χ3v) is 6.27.